The molecule has 0 aromatic heterocycles. The molecule has 0 heterocycles. The molecule has 8 atom stereocenters. The lowest BCUT2D eigenvalue weighted by Gasteiger charge is -2.41. The SMILES string of the molecule is CCCCCCCC/C=C/CCCCCCCC(=O)OC[C@H](COP(=O)(O)OC1C(O)C(O)C(O)[C@H](O)C1O)OC(=O)CCCCCCCCCCCCCCCCCCCC. The third kappa shape index (κ3) is 30.7. The maximum atomic E-state index is 12.8. The number of carbonyl (C=O) groups excluding carboxylic acids is 2. The van der Waals surface area contributed by atoms with Gasteiger partial charge in [0.1, 0.15) is 43.2 Å². The van der Waals surface area contributed by atoms with E-state index in [0.29, 0.717) is 12.8 Å². The number of aliphatic hydroxyl groups is 5. The van der Waals surface area contributed by atoms with Crippen LogP contribution in [0, 0.1) is 0 Å². The molecule has 6 unspecified atom stereocenters. The third-order valence-electron chi connectivity index (χ3n) is 11.9. The lowest BCUT2D eigenvalue weighted by atomic mass is 9.85. The van der Waals surface area contributed by atoms with E-state index in [2.05, 4.69) is 26.0 Å². The van der Waals surface area contributed by atoms with Crippen molar-refractivity contribution in [2.45, 2.75) is 268 Å². The lowest BCUT2D eigenvalue weighted by molar-refractivity contribution is -0.220. The molecule has 1 aliphatic carbocycles. The molecule has 0 amide bonds. The summed E-state index contributed by atoms with van der Waals surface area (Å²) in [6.45, 7) is 3.32. The molecule has 1 saturated carbocycles. The quantitative estimate of drug-likeness (QED) is 0.0146. The number of aliphatic hydroxyl groups excluding tert-OH is 5. The summed E-state index contributed by atoms with van der Waals surface area (Å²) in [5, 5.41) is 50.2. The number of esters is 2. The highest BCUT2D eigenvalue weighted by Gasteiger charge is 2.51. The molecular formula is C48H91O13P. The molecule has 0 aromatic rings. The van der Waals surface area contributed by atoms with Gasteiger partial charge < -0.3 is 39.9 Å². The van der Waals surface area contributed by atoms with E-state index in [0.717, 1.165) is 57.8 Å². The molecule has 0 saturated heterocycles. The predicted molar refractivity (Wildman–Crippen MR) is 244 cm³/mol. The number of unbranched alkanes of at least 4 members (excludes halogenated alkanes) is 28. The Labute approximate surface area is 375 Å². The van der Waals surface area contributed by atoms with E-state index in [1.165, 1.54) is 128 Å². The second kappa shape index (κ2) is 38.8. The third-order valence-corrected chi connectivity index (χ3v) is 12.8. The van der Waals surface area contributed by atoms with Crippen molar-refractivity contribution in [3.63, 3.8) is 0 Å². The van der Waals surface area contributed by atoms with Gasteiger partial charge in [-0.25, -0.2) is 4.57 Å². The Morgan fingerprint density at radius 2 is 0.823 bits per heavy atom. The van der Waals surface area contributed by atoms with E-state index in [1.54, 1.807) is 0 Å². The van der Waals surface area contributed by atoms with Crippen LogP contribution in [0.25, 0.3) is 0 Å². The van der Waals surface area contributed by atoms with E-state index >= 15 is 0 Å². The van der Waals surface area contributed by atoms with Crippen LogP contribution in [0.5, 0.6) is 0 Å². The minimum Gasteiger partial charge on any atom is -0.462 e. The highest BCUT2D eigenvalue weighted by atomic mass is 31.2. The average molecular weight is 907 g/mol. The van der Waals surface area contributed by atoms with Gasteiger partial charge in [-0.05, 0) is 38.5 Å². The van der Waals surface area contributed by atoms with Crippen molar-refractivity contribution in [3.8, 4) is 0 Å². The fraction of sp³-hybridized carbons (Fsp3) is 0.917. The minimum absolute atomic E-state index is 0.101. The van der Waals surface area contributed by atoms with Crippen molar-refractivity contribution >= 4 is 19.8 Å². The fourth-order valence-corrected chi connectivity index (χ4v) is 8.79. The summed E-state index contributed by atoms with van der Waals surface area (Å²) in [4.78, 5) is 35.8. The summed E-state index contributed by atoms with van der Waals surface area (Å²) in [6, 6.07) is 0. The van der Waals surface area contributed by atoms with Crippen LogP contribution < -0.4 is 0 Å². The van der Waals surface area contributed by atoms with Crippen LogP contribution in [0.1, 0.15) is 226 Å². The number of rotatable bonds is 42. The first-order valence-corrected chi connectivity index (χ1v) is 26.5. The molecule has 1 rings (SSSR count). The molecule has 0 aromatic carbocycles. The molecule has 0 spiro atoms. The maximum absolute atomic E-state index is 12.8. The van der Waals surface area contributed by atoms with Crippen molar-refractivity contribution in [3.05, 3.63) is 12.2 Å². The zero-order valence-electron chi connectivity index (χ0n) is 38.9. The largest absolute Gasteiger partial charge is 0.472 e. The van der Waals surface area contributed by atoms with Gasteiger partial charge in [-0.3, -0.25) is 18.6 Å². The van der Waals surface area contributed by atoms with Gasteiger partial charge in [0.05, 0.1) is 6.61 Å². The number of hydrogen-bond acceptors (Lipinski definition) is 12. The molecule has 0 radical (unpaired) electrons. The van der Waals surface area contributed by atoms with Crippen molar-refractivity contribution in [1.29, 1.82) is 0 Å². The Kier molecular flexibility index (Phi) is 36.7. The molecular weight excluding hydrogens is 815 g/mol. The Morgan fingerprint density at radius 3 is 1.23 bits per heavy atom. The Morgan fingerprint density at radius 1 is 0.484 bits per heavy atom. The predicted octanol–water partition coefficient (Wildman–Crippen LogP) is 10.2. The first-order chi connectivity index (χ1) is 29.9. The monoisotopic (exact) mass is 907 g/mol. The summed E-state index contributed by atoms with van der Waals surface area (Å²) >= 11 is 0. The smallest absolute Gasteiger partial charge is 0.462 e. The van der Waals surface area contributed by atoms with Crippen LogP contribution in [0.2, 0.25) is 0 Å². The summed E-state index contributed by atoms with van der Waals surface area (Å²) in [5.74, 6) is -1.10. The minimum atomic E-state index is -5.12. The van der Waals surface area contributed by atoms with Crippen molar-refractivity contribution in [2.75, 3.05) is 13.2 Å². The van der Waals surface area contributed by atoms with Crippen molar-refractivity contribution in [2.24, 2.45) is 0 Å². The van der Waals surface area contributed by atoms with Crippen LogP contribution in [0.3, 0.4) is 0 Å². The van der Waals surface area contributed by atoms with Crippen LogP contribution in [-0.4, -0.2) is 98.3 Å². The van der Waals surface area contributed by atoms with E-state index in [9.17, 15) is 44.6 Å². The summed E-state index contributed by atoms with van der Waals surface area (Å²) in [5.41, 5.74) is 0. The molecule has 13 nitrogen and oxygen atoms in total. The number of allylic oxidation sites excluding steroid dienone is 2. The normalized spacial score (nSPS) is 21.9. The lowest BCUT2D eigenvalue weighted by Crippen LogP contribution is -2.64. The fourth-order valence-electron chi connectivity index (χ4n) is 7.81. The van der Waals surface area contributed by atoms with Gasteiger partial charge in [0, 0.05) is 12.8 Å². The van der Waals surface area contributed by atoms with Gasteiger partial charge in [0.2, 0.25) is 0 Å². The molecule has 62 heavy (non-hydrogen) atoms. The number of phosphoric ester groups is 1. The van der Waals surface area contributed by atoms with Crippen LogP contribution >= 0.6 is 7.82 Å². The number of carbonyl (C=O) groups is 2. The standard InChI is InChI=1S/C48H91O13P/c1-3-5-7-9-11-13-15-17-19-20-21-23-25-27-29-31-33-35-37-42(50)60-40(39-59-62(56,57)61-48-46(54)44(52)43(51)45(53)47(48)55)38-58-41(49)36-34-32-30-28-26-24-22-18-16-14-12-10-8-6-4-2/h18,22,40,43-48,51-55H,3-17,19-21,23-39H2,1-2H3,(H,56,57)/b22-18+/t40-,43?,44+,45?,46?,47?,48?/m1/s1. The van der Waals surface area contributed by atoms with E-state index in [1.807, 2.05) is 0 Å². The van der Waals surface area contributed by atoms with E-state index < -0.39 is 75.7 Å². The molecule has 0 aliphatic heterocycles. The first kappa shape index (κ1) is 58.6. The zero-order valence-corrected chi connectivity index (χ0v) is 39.8. The second-order valence-electron chi connectivity index (χ2n) is 17.7. The van der Waals surface area contributed by atoms with Gasteiger partial charge in [0.25, 0.3) is 0 Å². The van der Waals surface area contributed by atoms with Crippen LogP contribution in [0.4, 0.5) is 0 Å². The van der Waals surface area contributed by atoms with Crippen molar-refractivity contribution in [1.82, 2.24) is 0 Å². The molecule has 1 aliphatic rings. The summed E-state index contributed by atoms with van der Waals surface area (Å²) < 4.78 is 33.6. The van der Waals surface area contributed by atoms with Gasteiger partial charge in [-0.1, -0.05) is 187 Å². The van der Waals surface area contributed by atoms with Crippen LogP contribution in [0.15, 0.2) is 12.2 Å². The Hall–Kier alpha value is -1.41. The highest BCUT2D eigenvalue weighted by molar-refractivity contribution is 7.47. The number of hydrogen-bond donors (Lipinski definition) is 6. The molecule has 366 valence electrons. The number of phosphoric acid groups is 1. The maximum Gasteiger partial charge on any atom is 0.472 e. The van der Waals surface area contributed by atoms with E-state index in [4.69, 9.17) is 18.5 Å². The van der Waals surface area contributed by atoms with E-state index in [-0.39, 0.29) is 12.8 Å². The molecule has 0 bridgehead atoms. The van der Waals surface area contributed by atoms with Crippen molar-refractivity contribution < 1.29 is 63.1 Å². The summed E-state index contributed by atoms with van der Waals surface area (Å²) in [7, 11) is -5.12. The summed E-state index contributed by atoms with van der Waals surface area (Å²) in [6.07, 6.45) is 28.3. The van der Waals surface area contributed by atoms with Crippen LogP contribution in [-0.2, 0) is 32.7 Å². The Balaban J connectivity index is 2.41. The van der Waals surface area contributed by atoms with Gasteiger partial charge in [0.15, 0.2) is 6.10 Å². The molecule has 14 heteroatoms. The first-order valence-electron chi connectivity index (χ1n) is 25.0. The Bertz CT molecular complexity index is 1140. The molecule has 6 N–H and O–H groups in total. The highest BCUT2D eigenvalue weighted by Crippen LogP contribution is 2.47. The second-order valence-corrected chi connectivity index (χ2v) is 19.1. The molecule has 1 fully saturated rings. The zero-order chi connectivity index (χ0) is 45.7. The van der Waals surface area contributed by atoms with Gasteiger partial charge in [-0.15, -0.1) is 0 Å². The topological polar surface area (TPSA) is 210 Å². The van der Waals surface area contributed by atoms with Gasteiger partial charge in [-0.2, -0.15) is 0 Å². The number of ether oxygens (including phenoxy) is 2. The average Bonchev–Trinajstić information content (AvgIpc) is 3.25. The van der Waals surface area contributed by atoms with Gasteiger partial charge >= 0.3 is 19.8 Å².